The molecular weight excluding hydrogens is 337 g/mol. The molecule has 9 heteroatoms. The zero-order chi connectivity index (χ0) is 17.8. The minimum absolute atomic E-state index is 0.0428. The Hall–Kier alpha value is -3.23. The van der Waals surface area contributed by atoms with E-state index in [-0.39, 0.29) is 29.5 Å². The number of rotatable bonds is 6. The number of nitrogens with zero attached hydrogens (tertiary/aromatic N) is 4. The van der Waals surface area contributed by atoms with E-state index in [1.54, 1.807) is 6.07 Å². The van der Waals surface area contributed by atoms with Gasteiger partial charge in [-0.3, -0.25) is 4.79 Å². The van der Waals surface area contributed by atoms with Crippen LogP contribution in [0, 0.1) is 5.82 Å². The van der Waals surface area contributed by atoms with Crippen LogP contribution in [0.4, 0.5) is 13.2 Å². The molecule has 0 spiro atoms. The van der Waals surface area contributed by atoms with Crippen LogP contribution in [0.25, 0.3) is 11.4 Å². The number of halogens is 3. The predicted octanol–water partition coefficient (Wildman–Crippen LogP) is 2.96. The first kappa shape index (κ1) is 16.6. The van der Waals surface area contributed by atoms with E-state index in [2.05, 4.69) is 20.1 Å². The summed E-state index contributed by atoms with van der Waals surface area (Å²) in [5.74, 6) is -0.630. The second kappa shape index (κ2) is 7.12. The summed E-state index contributed by atoms with van der Waals surface area (Å²) >= 11 is 0. The van der Waals surface area contributed by atoms with Crippen molar-refractivity contribution in [1.29, 1.82) is 0 Å². The van der Waals surface area contributed by atoms with Crippen molar-refractivity contribution in [3.63, 3.8) is 0 Å². The van der Waals surface area contributed by atoms with Gasteiger partial charge in [0, 0.05) is 11.1 Å². The van der Waals surface area contributed by atoms with Crippen molar-refractivity contribution < 1.29 is 22.7 Å². The van der Waals surface area contributed by atoms with Crippen LogP contribution >= 0.6 is 0 Å². The quantitative estimate of drug-likeness (QED) is 0.641. The van der Waals surface area contributed by atoms with Gasteiger partial charge in [-0.25, -0.2) is 4.39 Å². The van der Waals surface area contributed by atoms with Crippen molar-refractivity contribution in [2.45, 2.75) is 13.2 Å². The summed E-state index contributed by atoms with van der Waals surface area (Å²) in [5.41, 5.74) is 0.721. The van der Waals surface area contributed by atoms with Gasteiger partial charge in [0.25, 0.3) is 0 Å². The van der Waals surface area contributed by atoms with E-state index in [0.717, 1.165) is 4.80 Å². The second-order valence-electron chi connectivity index (χ2n) is 4.98. The van der Waals surface area contributed by atoms with Gasteiger partial charge in [0.15, 0.2) is 5.78 Å². The lowest BCUT2D eigenvalue weighted by atomic mass is 10.1. The van der Waals surface area contributed by atoms with Crippen LogP contribution in [0.5, 0.6) is 5.75 Å². The van der Waals surface area contributed by atoms with Gasteiger partial charge >= 0.3 is 6.61 Å². The number of carbonyl (C=O) groups excluding carboxylic acids is 1. The Morgan fingerprint density at radius 2 is 1.92 bits per heavy atom. The van der Waals surface area contributed by atoms with Gasteiger partial charge in [-0.15, -0.1) is 10.2 Å². The van der Waals surface area contributed by atoms with E-state index < -0.39 is 12.4 Å². The second-order valence-corrected chi connectivity index (χ2v) is 4.98. The number of ether oxygens (including phenoxy) is 1. The molecule has 2 aromatic carbocycles. The summed E-state index contributed by atoms with van der Waals surface area (Å²) in [5, 5.41) is 11.6. The molecule has 0 fully saturated rings. The zero-order valence-electron chi connectivity index (χ0n) is 12.6. The smallest absolute Gasteiger partial charge is 0.387 e. The first-order chi connectivity index (χ1) is 12.0. The first-order valence-corrected chi connectivity index (χ1v) is 7.13. The fourth-order valence-electron chi connectivity index (χ4n) is 2.10. The highest BCUT2D eigenvalue weighted by atomic mass is 19.3. The molecular formula is C16H11F3N4O2. The van der Waals surface area contributed by atoms with Crippen LogP contribution in [0.15, 0.2) is 48.5 Å². The summed E-state index contributed by atoms with van der Waals surface area (Å²) in [6.07, 6.45) is 0. The highest BCUT2D eigenvalue weighted by Gasteiger charge is 2.12. The summed E-state index contributed by atoms with van der Waals surface area (Å²) in [6.45, 7) is -3.13. The molecule has 0 atom stereocenters. The molecule has 0 saturated heterocycles. The van der Waals surface area contributed by atoms with Crippen molar-refractivity contribution >= 4 is 5.78 Å². The maximum atomic E-state index is 13.2. The van der Waals surface area contributed by atoms with Crippen LogP contribution in [-0.2, 0) is 6.54 Å². The average molecular weight is 348 g/mol. The molecule has 0 aliphatic heterocycles. The molecule has 0 aliphatic rings. The molecule has 25 heavy (non-hydrogen) atoms. The van der Waals surface area contributed by atoms with Crippen LogP contribution < -0.4 is 4.74 Å². The van der Waals surface area contributed by atoms with E-state index in [4.69, 9.17) is 0 Å². The lowest BCUT2D eigenvalue weighted by Gasteiger charge is -2.05. The first-order valence-electron chi connectivity index (χ1n) is 7.13. The van der Waals surface area contributed by atoms with Crippen molar-refractivity contribution in [3.05, 3.63) is 59.9 Å². The summed E-state index contributed by atoms with van der Waals surface area (Å²) in [6, 6.07) is 10.9. The Balaban J connectivity index is 1.69. The number of Topliss-reactive ketones (excluding diaryl/α,β-unsaturated/α-hetero) is 1. The number of ketones is 1. The number of aromatic nitrogens is 4. The molecule has 3 rings (SSSR count). The van der Waals surface area contributed by atoms with Gasteiger partial charge < -0.3 is 4.74 Å². The molecule has 0 saturated carbocycles. The summed E-state index contributed by atoms with van der Waals surface area (Å²) < 4.78 is 41.6. The third-order valence-electron chi connectivity index (χ3n) is 3.22. The van der Waals surface area contributed by atoms with Crippen molar-refractivity contribution in [2.75, 3.05) is 0 Å². The summed E-state index contributed by atoms with van der Waals surface area (Å²) in [7, 11) is 0. The summed E-state index contributed by atoms with van der Waals surface area (Å²) in [4.78, 5) is 13.2. The van der Waals surface area contributed by atoms with Crippen LogP contribution in [0.2, 0.25) is 0 Å². The standard InChI is InChI=1S/C16H11F3N4O2/c17-12-3-1-2-11(8-12)15-20-22-23(21-15)9-14(24)10-4-6-13(7-5-10)25-16(18)19/h1-8,16H,9H2. The number of alkyl halides is 2. The fourth-order valence-corrected chi connectivity index (χ4v) is 2.10. The number of hydrogen-bond donors (Lipinski definition) is 0. The highest BCUT2D eigenvalue weighted by Crippen LogP contribution is 2.16. The minimum atomic E-state index is -2.93. The molecule has 1 aromatic heterocycles. The molecule has 3 aromatic rings. The normalized spacial score (nSPS) is 10.9. The Labute approximate surface area is 139 Å². The maximum Gasteiger partial charge on any atom is 0.387 e. The Kier molecular flexibility index (Phi) is 4.73. The molecule has 1 heterocycles. The van der Waals surface area contributed by atoms with Gasteiger partial charge in [-0.2, -0.15) is 13.6 Å². The van der Waals surface area contributed by atoms with Crippen LogP contribution in [0.1, 0.15) is 10.4 Å². The molecule has 128 valence electrons. The van der Waals surface area contributed by atoms with Crippen molar-refractivity contribution in [3.8, 4) is 17.1 Å². The van der Waals surface area contributed by atoms with Gasteiger partial charge in [-0.05, 0) is 41.6 Å². The van der Waals surface area contributed by atoms with Gasteiger partial charge in [0.2, 0.25) is 5.82 Å². The molecule has 0 bridgehead atoms. The third-order valence-corrected chi connectivity index (χ3v) is 3.22. The molecule has 6 nitrogen and oxygen atoms in total. The number of tetrazole rings is 1. The average Bonchev–Trinajstić information content (AvgIpc) is 3.03. The molecule has 0 unspecified atom stereocenters. The van der Waals surface area contributed by atoms with E-state index in [1.807, 2.05) is 0 Å². The largest absolute Gasteiger partial charge is 0.435 e. The Bertz CT molecular complexity index is 881. The SMILES string of the molecule is O=C(Cn1nnc(-c2cccc(F)c2)n1)c1ccc(OC(F)F)cc1. The fraction of sp³-hybridized carbons (Fsp3) is 0.125. The van der Waals surface area contributed by atoms with Gasteiger partial charge in [0.05, 0.1) is 0 Å². The maximum absolute atomic E-state index is 13.2. The monoisotopic (exact) mass is 348 g/mol. The van der Waals surface area contributed by atoms with Crippen LogP contribution in [-0.4, -0.2) is 32.6 Å². The van der Waals surface area contributed by atoms with Crippen LogP contribution in [0.3, 0.4) is 0 Å². The molecule has 0 amide bonds. The molecule has 0 aliphatic carbocycles. The highest BCUT2D eigenvalue weighted by molar-refractivity contribution is 5.95. The topological polar surface area (TPSA) is 69.9 Å². The van der Waals surface area contributed by atoms with Crippen molar-refractivity contribution in [1.82, 2.24) is 20.2 Å². The van der Waals surface area contributed by atoms with E-state index >= 15 is 0 Å². The van der Waals surface area contributed by atoms with E-state index in [0.29, 0.717) is 5.56 Å². The molecule has 0 N–H and O–H groups in total. The lowest BCUT2D eigenvalue weighted by molar-refractivity contribution is -0.0498. The Morgan fingerprint density at radius 1 is 1.16 bits per heavy atom. The number of hydrogen-bond acceptors (Lipinski definition) is 5. The van der Waals surface area contributed by atoms with E-state index in [1.165, 1.54) is 42.5 Å². The Morgan fingerprint density at radius 3 is 2.60 bits per heavy atom. The van der Waals surface area contributed by atoms with Gasteiger partial charge in [0.1, 0.15) is 18.1 Å². The lowest BCUT2D eigenvalue weighted by Crippen LogP contribution is -2.13. The molecule has 0 radical (unpaired) electrons. The minimum Gasteiger partial charge on any atom is -0.435 e. The zero-order valence-corrected chi connectivity index (χ0v) is 12.6. The number of carbonyl (C=O) groups is 1. The van der Waals surface area contributed by atoms with E-state index in [9.17, 15) is 18.0 Å². The predicted molar refractivity (Wildman–Crippen MR) is 80.6 cm³/mol. The number of benzene rings is 2. The van der Waals surface area contributed by atoms with Crippen molar-refractivity contribution in [2.24, 2.45) is 0 Å². The third kappa shape index (κ3) is 4.19. The van der Waals surface area contributed by atoms with Gasteiger partial charge in [-0.1, -0.05) is 12.1 Å².